The summed E-state index contributed by atoms with van der Waals surface area (Å²) in [6, 6.07) is 3.65. The van der Waals surface area contributed by atoms with Crippen LogP contribution >= 0.6 is 39.1 Å². The van der Waals surface area contributed by atoms with Crippen molar-refractivity contribution in [3.05, 3.63) is 32.5 Å². The van der Waals surface area contributed by atoms with Crippen molar-refractivity contribution in [2.24, 2.45) is 7.05 Å². The monoisotopic (exact) mass is 335 g/mol. The zero-order valence-corrected chi connectivity index (χ0v) is 11.9. The molecule has 1 aromatic carbocycles. The molecule has 0 spiro atoms. The van der Waals surface area contributed by atoms with Gasteiger partial charge < -0.3 is 5.32 Å². The molecule has 1 aromatic heterocycles. The molecule has 1 N–H and O–H groups in total. The number of benzene rings is 1. The molecule has 0 radical (unpaired) electrons. The maximum Gasteiger partial charge on any atom is 0.193 e. The van der Waals surface area contributed by atoms with E-state index in [0.717, 1.165) is 10.2 Å². The summed E-state index contributed by atoms with van der Waals surface area (Å²) in [4.78, 5) is 1.40. The number of hydrogen-bond donors (Lipinski definition) is 1. The second-order valence-electron chi connectivity index (χ2n) is 3.27. The molecule has 0 amide bonds. The lowest BCUT2D eigenvalue weighted by Crippen LogP contribution is -2.02. The Balaban J connectivity index is 2.12. The fourth-order valence-corrected chi connectivity index (χ4v) is 2.07. The second-order valence-corrected chi connectivity index (χ2v) is 4.88. The molecule has 0 bridgehead atoms. The van der Waals surface area contributed by atoms with Gasteiger partial charge in [-0.25, -0.2) is 0 Å². The summed E-state index contributed by atoms with van der Waals surface area (Å²) in [6.07, 6.45) is 0. The first-order valence-electron chi connectivity index (χ1n) is 4.68. The lowest BCUT2D eigenvalue weighted by atomic mass is 10.3. The van der Waals surface area contributed by atoms with E-state index in [1.165, 1.54) is 4.80 Å². The summed E-state index contributed by atoms with van der Waals surface area (Å²) >= 11 is 15.4. The number of nitrogens with zero attached hydrogens (tertiary/aromatic N) is 4. The molecule has 0 saturated heterocycles. The van der Waals surface area contributed by atoms with Gasteiger partial charge in [-0.1, -0.05) is 23.2 Å². The predicted octanol–water partition coefficient (Wildman–Crippen LogP) is 2.89. The average Bonchev–Trinajstić information content (AvgIpc) is 2.71. The fourth-order valence-electron chi connectivity index (χ4n) is 1.23. The van der Waals surface area contributed by atoms with Crippen LogP contribution in [0.25, 0.3) is 0 Å². The summed E-state index contributed by atoms with van der Waals surface area (Å²) < 4.78 is 0.757. The van der Waals surface area contributed by atoms with Crippen molar-refractivity contribution in [2.45, 2.75) is 6.54 Å². The van der Waals surface area contributed by atoms with Crippen LogP contribution in [0.5, 0.6) is 0 Å². The van der Waals surface area contributed by atoms with Crippen LogP contribution in [0.1, 0.15) is 5.82 Å². The van der Waals surface area contributed by atoms with Gasteiger partial charge in [0.15, 0.2) is 5.82 Å². The number of hydrogen-bond acceptors (Lipinski definition) is 4. The summed E-state index contributed by atoms with van der Waals surface area (Å²) in [6.45, 7) is 0.436. The first-order valence-corrected chi connectivity index (χ1v) is 6.23. The third kappa shape index (κ3) is 2.88. The summed E-state index contributed by atoms with van der Waals surface area (Å²) in [5, 5.41) is 15.7. The van der Waals surface area contributed by atoms with Crippen LogP contribution in [-0.4, -0.2) is 20.2 Å². The van der Waals surface area contributed by atoms with Gasteiger partial charge in [-0.05, 0) is 33.3 Å². The molecule has 5 nitrogen and oxygen atoms in total. The van der Waals surface area contributed by atoms with Gasteiger partial charge in [0.05, 0.1) is 29.3 Å². The van der Waals surface area contributed by atoms with Crippen molar-refractivity contribution >= 4 is 44.8 Å². The van der Waals surface area contributed by atoms with Crippen molar-refractivity contribution < 1.29 is 0 Å². The molecule has 8 heteroatoms. The molecule has 0 saturated carbocycles. The Morgan fingerprint density at radius 1 is 1.35 bits per heavy atom. The molecular formula is C9H8BrCl2N5. The fraction of sp³-hybridized carbons (Fsp3) is 0.222. The average molecular weight is 337 g/mol. The molecule has 0 aliphatic rings. The Kier molecular flexibility index (Phi) is 3.86. The number of anilines is 1. The van der Waals surface area contributed by atoms with Crippen molar-refractivity contribution in [1.82, 2.24) is 20.2 Å². The topological polar surface area (TPSA) is 55.6 Å². The van der Waals surface area contributed by atoms with E-state index in [-0.39, 0.29) is 0 Å². The zero-order chi connectivity index (χ0) is 12.4. The summed E-state index contributed by atoms with van der Waals surface area (Å²) in [5.41, 5.74) is 0.729. The smallest absolute Gasteiger partial charge is 0.193 e. The molecule has 0 unspecified atom stereocenters. The van der Waals surface area contributed by atoms with Gasteiger partial charge in [0, 0.05) is 4.47 Å². The quantitative estimate of drug-likeness (QED) is 0.875. The Bertz CT molecular complexity index is 542. The minimum Gasteiger partial charge on any atom is -0.376 e. The van der Waals surface area contributed by atoms with Crippen LogP contribution in [0.2, 0.25) is 10.0 Å². The van der Waals surface area contributed by atoms with E-state index < -0.39 is 0 Å². The number of aryl methyl sites for hydroxylation is 1. The lowest BCUT2D eigenvalue weighted by molar-refractivity contribution is 0.628. The van der Waals surface area contributed by atoms with Gasteiger partial charge >= 0.3 is 0 Å². The molecule has 2 aromatic rings. The van der Waals surface area contributed by atoms with Crippen molar-refractivity contribution in [3.8, 4) is 0 Å². The number of aromatic nitrogens is 4. The van der Waals surface area contributed by atoms with E-state index >= 15 is 0 Å². The van der Waals surface area contributed by atoms with E-state index in [2.05, 4.69) is 36.7 Å². The highest BCUT2D eigenvalue weighted by Crippen LogP contribution is 2.35. The number of rotatable bonds is 3. The van der Waals surface area contributed by atoms with E-state index in [0.29, 0.717) is 22.4 Å². The van der Waals surface area contributed by atoms with E-state index in [4.69, 9.17) is 23.2 Å². The molecule has 0 fully saturated rings. The standard InChI is InChI=1S/C9H8BrCl2N5/c1-17-15-7(14-16-17)4-13-6-3-2-5(10)8(11)9(6)12/h2-3,13H,4H2,1H3. The summed E-state index contributed by atoms with van der Waals surface area (Å²) in [5.74, 6) is 0.586. The summed E-state index contributed by atoms with van der Waals surface area (Å²) in [7, 11) is 1.71. The Hall–Kier alpha value is -0.850. The van der Waals surface area contributed by atoms with Gasteiger partial charge in [-0.3, -0.25) is 0 Å². The van der Waals surface area contributed by atoms with Crippen LogP contribution in [0.3, 0.4) is 0 Å². The van der Waals surface area contributed by atoms with Crippen LogP contribution in [0, 0.1) is 0 Å². The highest BCUT2D eigenvalue weighted by atomic mass is 79.9. The minimum absolute atomic E-state index is 0.436. The zero-order valence-electron chi connectivity index (χ0n) is 8.78. The van der Waals surface area contributed by atoms with Crippen LogP contribution < -0.4 is 5.32 Å². The molecule has 1 heterocycles. The van der Waals surface area contributed by atoms with Crippen molar-refractivity contribution in [2.75, 3.05) is 5.32 Å². The minimum atomic E-state index is 0.436. The molecule has 17 heavy (non-hydrogen) atoms. The third-order valence-electron chi connectivity index (χ3n) is 2.02. The van der Waals surface area contributed by atoms with Crippen LogP contribution in [0.15, 0.2) is 16.6 Å². The molecule has 0 aliphatic heterocycles. The van der Waals surface area contributed by atoms with Gasteiger partial charge in [0.2, 0.25) is 0 Å². The molecular weight excluding hydrogens is 329 g/mol. The van der Waals surface area contributed by atoms with Crippen LogP contribution in [-0.2, 0) is 13.6 Å². The highest BCUT2D eigenvalue weighted by Gasteiger charge is 2.09. The molecule has 2 rings (SSSR count). The molecule has 0 atom stereocenters. The first kappa shape index (κ1) is 12.6. The van der Waals surface area contributed by atoms with Gasteiger partial charge in [-0.2, -0.15) is 4.80 Å². The van der Waals surface area contributed by atoms with E-state index in [9.17, 15) is 0 Å². The Labute approximate surface area is 116 Å². The number of nitrogens with one attached hydrogen (secondary N) is 1. The second kappa shape index (κ2) is 5.20. The molecule has 0 aliphatic carbocycles. The SMILES string of the molecule is Cn1nnc(CNc2ccc(Br)c(Cl)c2Cl)n1. The molecule has 90 valence electrons. The van der Waals surface area contributed by atoms with E-state index in [1.807, 2.05) is 12.1 Å². The van der Waals surface area contributed by atoms with Gasteiger partial charge in [0.25, 0.3) is 0 Å². The van der Waals surface area contributed by atoms with E-state index in [1.54, 1.807) is 7.05 Å². The Morgan fingerprint density at radius 3 is 2.76 bits per heavy atom. The maximum absolute atomic E-state index is 6.08. The van der Waals surface area contributed by atoms with Gasteiger partial charge in [0.1, 0.15) is 0 Å². The van der Waals surface area contributed by atoms with Crippen molar-refractivity contribution in [3.63, 3.8) is 0 Å². The number of halogens is 3. The number of tetrazole rings is 1. The predicted molar refractivity (Wildman–Crippen MR) is 70.3 cm³/mol. The lowest BCUT2D eigenvalue weighted by Gasteiger charge is -2.08. The Morgan fingerprint density at radius 2 is 2.12 bits per heavy atom. The first-order chi connectivity index (χ1) is 8.08. The van der Waals surface area contributed by atoms with Crippen LogP contribution in [0.4, 0.5) is 5.69 Å². The third-order valence-corrected chi connectivity index (χ3v) is 3.79. The maximum atomic E-state index is 6.08. The van der Waals surface area contributed by atoms with Gasteiger partial charge in [-0.15, -0.1) is 10.2 Å². The van der Waals surface area contributed by atoms with Crippen molar-refractivity contribution in [1.29, 1.82) is 0 Å². The highest BCUT2D eigenvalue weighted by molar-refractivity contribution is 9.10. The normalized spacial score (nSPS) is 10.6. The largest absolute Gasteiger partial charge is 0.376 e.